The Bertz CT molecular complexity index is 802. The second-order valence-electron chi connectivity index (χ2n) is 5.59. The van der Waals surface area contributed by atoms with Gasteiger partial charge in [-0.15, -0.1) is 0 Å². The van der Waals surface area contributed by atoms with Gasteiger partial charge in [-0.2, -0.15) is 0 Å². The summed E-state index contributed by atoms with van der Waals surface area (Å²) in [5, 5.41) is 6.66. The van der Waals surface area contributed by atoms with Crippen LogP contribution in [0.3, 0.4) is 0 Å². The summed E-state index contributed by atoms with van der Waals surface area (Å²) in [5.41, 5.74) is 1.90. The fourth-order valence-electron chi connectivity index (χ4n) is 2.40. The van der Waals surface area contributed by atoms with Crippen LogP contribution in [0.25, 0.3) is 0 Å². The van der Waals surface area contributed by atoms with Gasteiger partial charge < -0.3 is 19.6 Å². The average Bonchev–Trinajstić information content (AvgIpc) is 3.18. The van der Waals surface area contributed by atoms with Crippen LogP contribution >= 0.6 is 0 Å². The maximum atomic E-state index is 12.3. The molecule has 0 fully saturated rings. The largest absolute Gasteiger partial charge is 0.482 e. The molecule has 1 heterocycles. The first-order chi connectivity index (χ1) is 12.7. The van der Waals surface area contributed by atoms with E-state index in [1.807, 2.05) is 30.3 Å². The monoisotopic (exact) mass is 354 g/mol. The number of nitrogens with one attached hydrogen (secondary N) is 1. The number of ether oxygens (including phenoxy) is 2. The minimum absolute atomic E-state index is 0.169. The van der Waals surface area contributed by atoms with Crippen molar-refractivity contribution in [3.8, 4) is 5.75 Å². The Labute approximate surface area is 150 Å². The predicted octanol–water partition coefficient (Wildman–Crippen LogP) is 2.69. The molecular weight excluding hydrogens is 336 g/mol. The molecule has 7 nitrogen and oxygen atoms in total. The number of benzene rings is 2. The molecule has 1 amide bonds. The minimum atomic E-state index is -0.463. The molecule has 2 aromatic carbocycles. The molecule has 0 aromatic heterocycles. The lowest BCUT2D eigenvalue weighted by atomic mass is 10.0. The van der Waals surface area contributed by atoms with Gasteiger partial charge in [-0.3, -0.25) is 4.79 Å². The molecule has 1 aliphatic heterocycles. The van der Waals surface area contributed by atoms with E-state index in [1.165, 1.54) is 7.11 Å². The van der Waals surface area contributed by atoms with Crippen molar-refractivity contribution in [2.75, 3.05) is 19.0 Å². The van der Waals surface area contributed by atoms with Gasteiger partial charge in [0.05, 0.1) is 7.11 Å². The number of oxime groups is 1. The lowest BCUT2D eigenvalue weighted by Gasteiger charge is -2.08. The third-order valence-corrected chi connectivity index (χ3v) is 3.80. The fourth-order valence-corrected chi connectivity index (χ4v) is 2.40. The van der Waals surface area contributed by atoms with Gasteiger partial charge in [0.2, 0.25) is 0 Å². The van der Waals surface area contributed by atoms with Gasteiger partial charge in [0.1, 0.15) is 11.5 Å². The number of esters is 1. The summed E-state index contributed by atoms with van der Waals surface area (Å²) >= 11 is 0. The molecule has 0 saturated heterocycles. The summed E-state index contributed by atoms with van der Waals surface area (Å²) in [5.74, 6) is -0.277. The molecule has 26 heavy (non-hydrogen) atoms. The molecule has 0 bridgehead atoms. The standard InChI is InChI=1S/C19H18N2O5/c1-24-18(22)12-25-15-9-7-14(8-10-15)20-19(23)16-11-17(26-21-16)13-5-3-2-4-6-13/h2-10,17H,11-12H2,1H3,(H,20,23). The second-order valence-corrected chi connectivity index (χ2v) is 5.59. The van der Waals surface area contributed by atoms with Gasteiger partial charge in [0.15, 0.2) is 12.7 Å². The number of carbonyl (C=O) groups is 2. The van der Waals surface area contributed by atoms with Crippen LogP contribution in [0.1, 0.15) is 18.1 Å². The Hall–Kier alpha value is -3.35. The first-order valence-electron chi connectivity index (χ1n) is 8.04. The van der Waals surface area contributed by atoms with Gasteiger partial charge >= 0.3 is 5.97 Å². The number of anilines is 1. The van der Waals surface area contributed by atoms with Gasteiger partial charge in [0, 0.05) is 12.1 Å². The van der Waals surface area contributed by atoms with Crippen LogP contribution in [-0.2, 0) is 19.2 Å². The summed E-state index contributed by atoms with van der Waals surface area (Å²) < 4.78 is 9.75. The van der Waals surface area contributed by atoms with E-state index in [4.69, 9.17) is 9.57 Å². The van der Waals surface area contributed by atoms with Crippen LogP contribution in [0, 0.1) is 0 Å². The molecule has 2 aromatic rings. The number of methoxy groups -OCH3 is 1. The Morgan fingerprint density at radius 3 is 2.58 bits per heavy atom. The number of hydrogen-bond acceptors (Lipinski definition) is 6. The third kappa shape index (κ3) is 4.38. The maximum absolute atomic E-state index is 12.3. The van der Waals surface area contributed by atoms with Crippen molar-refractivity contribution >= 4 is 23.3 Å². The van der Waals surface area contributed by atoms with Crippen LogP contribution in [0.4, 0.5) is 5.69 Å². The summed E-state index contributed by atoms with van der Waals surface area (Å²) in [6.07, 6.45) is 0.168. The van der Waals surface area contributed by atoms with Crippen molar-refractivity contribution in [2.45, 2.75) is 12.5 Å². The zero-order valence-corrected chi connectivity index (χ0v) is 14.2. The summed E-state index contributed by atoms with van der Waals surface area (Å²) in [6, 6.07) is 16.3. The highest BCUT2D eigenvalue weighted by Crippen LogP contribution is 2.27. The van der Waals surface area contributed by atoms with Crippen molar-refractivity contribution in [1.29, 1.82) is 0 Å². The maximum Gasteiger partial charge on any atom is 0.343 e. The first-order valence-corrected chi connectivity index (χ1v) is 8.04. The van der Waals surface area contributed by atoms with Crippen molar-refractivity contribution in [3.05, 3.63) is 60.2 Å². The topological polar surface area (TPSA) is 86.2 Å². The smallest absolute Gasteiger partial charge is 0.343 e. The van der Waals surface area contributed by atoms with Crippen LogP contribution in [0.2, 0.25) is 0 Å². The van der Waals surface area contributed by atoms with Crippen molar-refractivity contribution < 1.29 is 23.9 Å². The highest BCUT2D eigenvalue weighted by Gasteiger charge is 2.27. The van der Waals surface area contributed by atoms with Crippen LogP contribution in [-0.4, -0.2) is 31.3 Å². The van der Waals surface area contributed by atoms with Crippen molar-refractivity contribution in [3.63, 3.8) is 0 Å². The highest BCUT2D eigenvalue weighted by atomic mass is 16.6. The van der Waals surface area contributed by atoms with Crippen LogP contribution in [0.5, 0.6) is 5.75 Å². The Morgan fingerprint density at radius 1 is 1.15 bits per heavy atom. The van der Waals surface area contributed by atoms with Crippen molar-refractivity contribution in [1.82, 2.24) is 0 Å². The summed E-state index contributed by atoms with van der Waals surface area (Å²) in [4.78, 5) is 28.7. The zero-order valence-electron chi connectivity index (χ0n) is 14.2. The lowest BCUT2D eigenvalue weighted by Crippen LogP contribution is -2.21. The first kappa shape index (κ1) is 17.5. The second kappa shape index (κ2) is 8.15. The number of rotatable bonds is 6. The van der Waals surface area contributed by atoms with Crippen molar-refractivity contribution in [2.24, 2.45) is 5.16 Å². The molecule has 1 aliphatic rings. The highest BCUT2D eigenvalue weighted by molar-refractivity contribution is 6.43. The van der Waals surface area contributed by atoms with E-state index < -0.39 is 5.97 Å². The van der Waals surface area contributed by atoms with Gasteiger partial charge in [-0.1, -0.05) is 35.5 Å². The van der Waals surface area contributed by atoms with E-state index in [-0.39, 0.29) is 18.6 Å². The number of hydrogen-bond donors (Lipinski definition) is 1. The van der Waals surface area contributed by atoms with E-state index >= 15 is 0 Å². The van der Waals surface area contributed by atoms with E-state index in [9.17, 15) is 9.59 Å². The predicted molar refractivity (Wildman–Crippen MR) is 94.9 cm³/mol. The average molecular weight is 354 g/mol. The van der Waals surface area contributed by atoms with Gasteiger partial charge in [-0.05, 0) is 29.8 Å². The molecule has 134 valence electrons. The molecule has 0 radical (unpaired) electrons. The van der Waals surface area contributed by atoms with Crippen LogP contribution < -0.4 is 10.1 Å². The molecule has 0 saturated carbocycles. The number of nitrogens with zero attached hydrogens (tertiary/aromatic N) is 1. The Balaban J connectivity index is 1.53. The lowest BCUT2D eigenvalue weighted by molar-refractivity contribution is -0.142. The minimum Gasteiger partial charge on any atom is -0.482 e. The fraction of sp³-hybridized carbons (Fsp3) is 0.211. The van der Waals surface area contributed by atoms with Gasteiger partial charge in [0.25, 0.3) is 5.91 Å². The summed E-state index contributed by atoms with van der Waals surface area (Å²) in [6.45, 7) is -0.169. The zero-order chi connectivity index (χ0) is 18.4. The van der Waals surface area contributed by atoms with E-state index in [1.54, 1.807) is 24.3 Å². The third-order valence-electron chi connectivity index (χ3n) is 3.80. The number of amides is 1. The molecule has 1 unspecified atom stereocenters. The van der Waals surface area contributed by atoms with E-state index in [0.29, 0.717) is 23.6 Å². The number of carbonyl (C=O) groups excluding carboxylic acids is 2. The van der Waals surface area contributed by atoms with Gasteiger partial charge in [-0.25, -0.2) is 4.79 Å². The summed E-state index contributed by atoms with van der Waals surface area (Å²) in [7, 11) is 1.29. The van der Waals surface area contributed by atoms with E-state index in [0.717, 1.165) is 5.56 Å². The molecule has 0 aliphatic carbocycles. The molecule has 7 heteroatoms. The molecule has 1 atom stereocenters. The Kier molecular flexibility index (Phi) is 5.48. The van der Waals surface area contributed by atoms with Crippen LogP contribution in [0.15, 0.2) is 59.8 Å². The molecular formula is C19H18N2O5. The molecule has 0 spiro atoms. The van der Waals surface area contributed by atoms with E-state index in [2.05, 4.69) is 15.2 Å². The molecule has 1 N–H and O–H groups in total. The quantitative estimate of drug-likeness (QED) is 0.806. The Morgan fingerprint density at radius 2 is 1.88 bits per heavy atom. The molecule has 3 rings (SSSR count). The SMILES string of the molecule is COC(=O)COc1ccc(NC(=O)C2=NOC(c3ccccc3)C2)cc1. The normalized spacial score (nSPS) is 15.6.